The van der Waals surface area contributed by atoms with Crippen LogP contribution < -0.4 is 57.8 Å². The zero-order chi connectivity index (χ0) is 98.2. The Kier molecular flexibility index (Phi) is 33.7. The lowest BCUT2D eigenvalue weighted by atomic mass is 9.95. The van der Waals surface area contributed by atoms with Crippen molar-refractivity contribution in [1.29, 1.82) is 0 Å². The molecular weight excluding hydrogens is 1790 g/mol. The van der Waals surface area contributed by atoms with E-state index >= 15 is 17.6 Å². The highest BCUT2D eigenvalue weighted by molar-refractivity contribution is 6.32. The SMILES string of the molecule is CCCNC(=O)c1c(F)c(Cl)cc(C(C)c2nc(C)c3c(N)nccn23)c1OC(C)C.COC1CCN(C(=O)c2c(F)ccc(C(C)c3nc(C)c4c(N)nccn34)c2OC(C)C)C1.Cc1nc(C(C)c2cc(Cl)c(F)c(C(=O)NC(C)C(C)O)c2OC(C)C)n2ccnc(N)c12.Cc1nc([C@@H](C)c2cc(Cl)c(F)c(C(=O)NCCN3CCN(C)CC3)c2OC(C)C)n2ccnc(N)c12. The van der Waals surface area contributed by atoms with Gasteiger partial charge in [-0.3, -0.25) is 41.7 Å². The number of nitrogens with two attached hydrogens (primary N) is 4. The van der Waals surface area contributed by atoms with Crippen LogP contribution in [0.5, 0.6) is 23.0 Å². The minimum absolute atomic E-state index is 0.0492. The topological polar surface area (TPSA) is 405 Å². The Hall–Kier alpha value is -11.9. The summed E-state index contributed by atoms with van der Waals surface area (Å²) in [6.07, 6.45) is 12.8. The molecule has 2 aliphatic rings. The molecule has 720 valence electrons. The number of rotatable bonds is 28. The minimum atomic E-state index is -0.892. The van der Waals surface area contributed by atoms with E-state index in [0.29, 0.717) is 142 Å². The van der Waals surface area contributed by atoms with Gasteiger partial charge in [0.05, 0.1) is 80.5 Å². The number of likely N-dealkylation sites (N-methyl/N-ethyl adjacent to an activating group) is 1. The van der Waals surface area contributed by atoms with Crippen LogP contribution >= 0.6 is 34.8 Å². The van der Waals surface area contributed by atoms with Gasteiger partial charge in [0.2, 0.25) is 0 Å². The van der Waals surface area contributed by atoms with E-state index in [1.165, 1.54) is 31.2 Å². The van der Waals surface area contributed by atoms with Crippen molar-refractivity contribution < 1.29 is 65.5 Å². The first-order chi connectivity index (χ1) is 63.4. The van der Waals surface area contributed by atoms with Crippen molar-refractivity contribution >= 4 is 104 Å². The number of anilines is 4. The van der Waals surface area contributed by atoms with E-state index in [9.17, 15) is 24.3 Å². The van der Waals surface area contributed by atoms with Gasteiger partial charge in [-0.2, -0.15) is 0 Å². The molecule has 8 aromatic heterocycles. The molecule has 0 saturated carbocycles. The van der Waals surface area contributed by atoms with Gasteiger partial charge >= 0.3 is 0 Å². The molecule has 7 atom stereocenters. The number of benzene rings is 4. The number of hydrogen-bond donors (Lipinski definition) is 8. The molecule has 12 aromatic rings. The van der Waals surface area contributed by atoms with Gasteiger partial charge in [-0.1, -0.05) is 75.5 Å². The van der Waals surface area contributed by atoms with E-state index in [1.807, 2.05) is 121 Å². The molecule has 0 spiro atoms. The highest BCUT2D eigenvalue weighted by Gasteiger charge is 2.38. The summed E-state index contributed by atoms with van der Waals surface area (Å²) in [4.78, 5) is 94.1. The largest absolute Gasteiger partial charge is 0.490 e. The van der Waals surface area contributed by atoms with Crippen LogP contribution in [0.2, 0.25) is 15.1 Å². The van der Waals surface area contributed by atoms with Gasteiger partial charge in [-0.25, -0.2) is 57.4 Å². The molecule has 12 N–H and O–H groups in total. The molecular formula is C95H121Cl3F4N22O10. The lowest BCUT2D eigenvalue weighted by Gasteiger charge is -2.32. The van der Waals surface area contributed by atoms with E-state index in [2.05, 4.69) is 62.7 Å². The van der Waals surface area contributed by atoms with Crippen molar-refractivity contribution in [1.82, 2.24) is 88.1 Å². The number of nitrogens with one attached hydrogen (secondary N) is 3. The van der Waals surface area contributed by atoms with Gasteiger partial charge in [-0.05, 0) is 141 Å². The summed E-state index contributed by atoms with van der Waals surface area (Å²) in [6, 6.07) is 6.84. The standard InChI is InChI=1S/C26H35ClFN7O2.C24H30FN5O3.C23H29ClFN5O3.C22H27ClFN5O2/c1-15(2)37-23-18(16(3)25-32-17(4)22-24(29)30-7-9-35(22)25)14-19(27)21(28)20(23)26(36)31-6-8-34-12-10-33(5)11-13-34;1-13(2)33-21-17(14(3)23-28-15(4)20-22(26)27-9-11-30(20)23)6-7-18(25)19(21)24(31)29-10-8-16(12-29)32-5;1-10(2)33-20-15(9-16(24)18(25)17(20)23(32)29-12(4)14(6)31)11(3)22-28-13(5)19-21(26)27-7-8-30(19)22;1-6-7-27-22(30)16-17(24)15(23)10-14(19(16)31-11(2)3)12(4)21-28-13(5)18-20(25)26-8-9-29(18)21/h7,9,14-16H,6,8,10-13H2,1-5H3,(H2,29,30)(H,31,36);6-7,9,11,13-14,16H,8,10,12H2,1-5H3,(H2,26,27);7-12,14,31H,1-6H3,(H2,26,27)(H,29,32);8-12H,6-7H2,1-5H3,(H2,25,26)(H,27,30)/t16-;;;/m0.../s1. The van der Waals surface area contributed by atoms with Crippen LogP contribution in [0.15, 0.2) is 79.9 Å². The van der Waals surface area contributed by atoms with Crippen LogP contribution in [0.25, 0.3) is 22.1 Å². The Morgan fingerprint density at radius 3 is 1.13 bits per heavy atom. The molecule has 2 aliphatic heterocycles. The number of aliphatic hydroxyl groups is 1. The van der Waals surface area contributed by atoms with Crippen LogP contribution in [0.3, 0.4) is 0 Å². The molecule has 0 radical (unpaired) electrons. The summed E-state index contributed by atoms with van der Waals surface area (Å²) >= 11 is 18.8. The Balaban J connectivity index is 0.000000172. The van der Waals surface area contributed by atoms with E-state index < -0.39 is 70.9 Å². The molecule has 39 heteroatoms. The molecule has 4 amide bonds. The first kappa shape index (κ1) is 103. The maximum absolute atomic E-state index is 15.4. The fourth-order valence-electron chi connectivity index (χ4n) is 16.4. The van der Waals surface area contributed by atoms with Crippen molar-refractivity contribution in [2.75, 3.05) is 96.0 Å². The Labute approximate surface area is 791 Å². The summed E-state index contributed by atoms with van der Waals surface area (Å²) in [6.45, 7) is 40.9. The van der Waals surface area contributed by atoms with Gasteiger partial charge in [0.25, 0.3) is 23.6 Å². The van der Waals surface area contributed by atoms with Crippen molar-refractivity contribution in [3.8, 4) is 23.0 Å². The number of carbonyl (C=O) groups excluding carboxylic acids is 4. The first-order valence-corrected chi connectivity index (χ1v) is 45.7. The van der Waals surface area contributed by atoms with Crippen molar-refractivity contribution in [3.63, 3.8) is 0 Å². The Morgan fingerprint density at radius 1 is 0.478 bits per heavy atom. The zero-order valence-corrected chi connectivity index (χ0v) is 81.7. The van der Waals surface area contributed by atoms with Crippen molar-refractivity contribution in [2.24, 2.45) is 0 Å². The monoisotopic (exact) mass is 1910 g/mol. The number of aryl methyl sites for hydroxylation is 4. The lowest BCUT2D eigenvalue weighted by Crippen LogP contribution is -2.47. The molecule has 2 fully saturated rings. The fraction of sp³-hybridized carbons (Fsp3) is 0.453. The Morgan fingerprint density at radius 2 is 0.806 bits per heavy atom. The number of hydrogen-bond acceptors (Lipinski definition) is 24. The maximum atomic E-state index is 15.4. The fourth-order valence-corrected chi connectivity index (χ4v) is 17.0. The van der Waals surface area contributed by atoms with Crippen LogP contribution in [0.4, 0.5) is 40.8 Å². The number of likely N-dealkylation sites (tertiary alicyclic amines) is 1. The molecule has 2 saturated heterocycles. The van der Waals surface area contributed by atoms with Gasteiger partial charge in [0.15, 0.2) is 17.5 Å². The highest BCUT2D eigenvalue weighted by atomic mass is 35.5. The number of ether oxygens (including phenoxy) is 5. The number of methoxy groups -OCH3 is 1. The summed E-state index contributed by atoms with van der Waals surface area (Å²) in [5.74, 6) is -2.17. The number of piperazine rings is 1. The molecule has 14 rings (SSSR count). The van der Waals surface area contributed by atoms with Crippen LogP contribution in [-0.4, -0.2) is 217 Å². The quantitative estimate of drug-likeness (QED) is 0.0211. The second-order valence-corrected chi connectivity index (χ2v) is 35.9. The smallest absolute Gasteiger partial charge is 0.260 e. The van der Waals surface area contributed by atoms with Crippen molar-refractivity contribution in [3.05, 3.63) is 209 Å². The average Bonchev–Trinajstić information content (AvgIpc) is 1.49. The molecule has 0 aliphatic carbocycles. The minimum Gasteiger partial charge on any atom is -0.490 e. The van der Waals surface area contributed by atoms with E-state index in [0.717, 1.165) is 43.8 Å². The number of fused-ring (bicyclic) bond motifs is 4. The molecule has 10 heterocycles. The number of imidazole rings is 4. The van der Waals surface area contributed by atoms with Crippen LogP contribution in [0.1, 0.15) is 250 Å². The number of carbonyl (C=O) groups is 4. The predicted octanol–water partition coefficient (Wildman–Crippen LogP) is 15.2. The third-order valence-electron chi connectivity index (χ3n) is 23.3. The summed E-state index contributed by atoms with van der Waals surface area (Å²) < 4.78 is 97.6. The van der Waals surface area contributed by atoms with Gasteiger partial charge in [0.1, 0.15) is 120 Å². The number of nitrogens with zero attached hydrogens (tertiary/aromatic N) is 15. The number of amides is 4. The molecule has 0 bridgehead atoms. The number of aliphatic hydroxyl groups excluding tert-OH is 1. The maximum Gasteiger partial charge on any atom is 0.260 e. The van der Waals surface area contributed by atoms with Gasteiger partial charge in [-0.15, -0.1) is 0 Å². The highest BCUT2D eigenvalue weighted by Crippen LogP contribution is 2.46. The number of aromatic nitrogens is 12. The number of halogens is 7. The lowest BCUT2D eigenvalue weighted by molar-refractivity contribution is 0.0713. The summed E-state index contributed by atoms with van der Waals surface area (Å²) in [5, 5.41) is 17.4. The normalized spacial score (nSPS) is 15.0. The predicted molar refractivity (Wildman–Crippen MR) is 511 cm³/mol. The zero-order valence-electron chi connectivity index (χ0n) is 79.4. The van der Waals surface area contributed by atoms with Gasteiger partial charge < -0.3 is 77.5 Å². The van der Waals surface area contributed by atoms with E-state index in [1.54, 1.807) is 88.4 Å². The molecule has 32 nitrogen and oxygen atoms in total. The van der Waals surface area contributed by atoms with Crippen molar-refractivity contribution in [2.45, 2.75) is 211 Å². The molecule has 6 unspecified atom stereocenters. The average molecular weight is 1910 g/mol. The second kappa shape index (κ2) is 44.0. The van der Waals surface area contributed by atoms with Crippen LogP contribution in [-0.2, 0) is 4.74 Å². The summed E-state index contributed by atoms with van der Waals surface area (Å²) in [7, 11) is 3.71. The second-order valence-electron chi connectivity index (χ2n) is 34.7. The summed E-state index contributed by atoms with van der Waals surface area (Å²) in [5.41, 5.74) is 31.4. The van der Waals surface area contributed by atoms with Gasteiger partial charge in [0, 0.05) is 162 Å². The third kappa shape index (κ3) is 22.3. The van der Waals surface area contributed by atoms with E-state index in [-0.39, 0.29) is 103 Å². The van der Waals surface area contributed by atoms with Crippen LogP contribution in [0, 0.1) is 51.0 Å². The van der Waals surface area contributed by atoms with E-state index in [4.69, 9.17) is 91.4 Å². The third-order valence-corrected chi connectivity index (χ3v) is 24.1. The molecule has 134 heavy (non-hydrogen) atoms. The number of nitrogen functional groups attached to an aromatic ring is 4. The molecule has 4 aromatic carbocycles. The first-order valence-electron chi connectivity index (χ1n) is 44.6. The Bertz CT molecular complexity index is 6300.